The molecule has 2 heterocycles. The predicted molar refractivity (Wildman–Crippen MR) is 130 cm³/mol. The average Bonchev–Trinajstić information content (AvgIpc) is 2.83. The van der Waals surface area contributed by atoms with Crippen molar-refractivity contribution in [1.82, 2.24) is 10.2 Å². The summed E-state index contributed by atoms with van der Waals surface area (Å²) in [5.74, 6) is 0.167. The molecule has 2 unspecified atom stereocenters. The molecule has 1 saturated heterocycles. The van der Waals surface area contributed by atoms with Gasteiger partial charge in [-0.15, -0.1) is 0 Å². The molecule has 2 N–H and O–H groups in total. The standard InChI is InChI=1S/C27H28ClF3N2O4/c28-19-7-10-23-21(11-19)22(34)12-24(37-23)25(35)32-20-8-3-16(4-9-20)26(36)33-13-17(14-33)15-1-5-18(6-2-15)27(29,30)31/h1-2,5-7,10-11,16-17,20,22,24,34H,3-4,8-9,12-14H2,(H,32,35). The summed E-state index contributed by atoms with van der Waals surface area (Å²) in [6, 6.07) is 10.0. The van der Waals surface area contributed by atoms with Crippen LogP contribution >= 0.6 is 11.6 Å². The zero-order valence-electron chi connectivity index (χ0n) is 20.0. The molecular weight excluding hydrogens is 509 g/mol. The average molecular weight is 537 g/mol. The minimum Gasteiger partial charge on any atom is -0.480 e. The number of aliphatic hydroxyl groups excluding tert-OH is 1. The van der Waals surface area contributed by atoms with E-state index in [2.05, 4.69) is 5.32 Å². The van der Waals surface area contributed by atoms with E-state index in [0.717, 1.165) is 17.7 Å². The van der Waals surface area contributed by atoms with E-state index in [-0.39, 0.29) is 36.1 Å². The Hall–Kier alpha value is -2.78. The van der Waals surface area contributed by atoms with Gasteiger partial charge in [-0.1, -0.05) is 23.7 Å². The first-order chi connectivity index (χ1) is 17.6. The molecule has 2 atom stereocenters. The number of amides is 2. The Morgan fingerprint density at radius 3 is 2.35 bits per heavy atom. The summed E-state index contributed by atoms with van der Waals surface area (Å²) in [4.78, 5) is 27.5. The summed E-state index contributed by atoms with van der Waals surface area (Å²) in [5, 5.41) is 13.9. The van der Waals surface area contributed by atoms with E-state index in [4.69, 9.17) is 16.3 Å². The van der Waals surface area contributed by atoms with E-state index >= 15 is 0 Å². The molecule has 10 heteroatoms. The molecule has 0 bridgehead atoms. The fourth-order valence-electron chi connectivity index (χ4n) is 5.43. The molecular formula is C27H28ClF3N2O4. The van der Waals surface area contributed by atoms with Gasteiger partial charge in [0, 0.05) is 48.0 Å². The minimum absolute atomic E-state index is 0.0499. The fourth-order valence-corrected chi connectivity index (χ4v) is 5.61. The van der Waals surface area contributed by atoms with E-state index in [0.29, 0.717) is 55.1 Å². The van der Waals surface area contributed by atoms with Gasteiger partial charge in [-0.2, -0.15) is 13.2 Å². The predicted octanol–water partition coefficient (Wildman–Crippen LogP) is 4.84. The van der Waals surface area contributed by atoms with Crippen molar-refractivity contribution in [1.29, 1.82) is 0 Å². The summed E-state index contributed by atoms with van der Waals surface area (Å²) in [5.41, 5.74) is 0.708. The zero-order valence-corrected chi connectivity index (χ0v) is 20.8. The van der Waals surface area contributed by atoms with E-state index in [1.54, 1.807) is 23.1 Å². The van der Waals surface area contributed by atoms with Crippen LogP contribution < -0.4 is 10.1 Å². The second-order valence-corrected chi connectivity index (χ2v) is 10.6. The molecule has 2 aliphatic heterocycles. The molecule has 2 aromatic rings. The maximum absolute atomic E-state index is 12.9. The molecule has 2 aromatic carbocycles. The van der Waals surface area contributed by atoms with Crippen LogP contribution in [0.3, 0.4) is 0 Å². The van der Waals surface area contributed by atoms with Gasteiger partial charge < -0.3 is 20.1 Å². The van der Waals surface area contributed by atoms with Crippen LogP contribution in [-0.4, -0.2) is 47.1 Å². The number of fused-ring (bicyclic) bond motifs is 1. The number of rotatable bonds is 4. The van der Waals surface area contributed by atoms with Crippen molar-refractivity contribution in [2.45, 2.75) is 62.4 Å². The van der Waals surface area contributed by atoms with Gasteiger partial charge in [-0.25, -0.2) is 0 Å². The Morgan fingerprint density at radius 2 is 1.70 bits per heavy atom. The van der Waals surface area contributed by atoms with Crippen molar-refractivity contribution in [3.63, 3.8) is 0 Å². The number of ether oxygens (including phenoxy) is 1. The lowest BCUT2D eigenvalue weighted by Crippen LogP contribution is -2.52. The molecule has 6 nitrogen and oxygen atoms in total. The van der Waals surface area contributed by atoms with Crippen molar-refractivity contribution in [2.24, 2.45) is 5.92 Å². The number of aliphatic hydroxyl groups is 1. The molecule has 5 rings (SSSR count). The zero-order chi connectivity index (χ0) is 26.3. The molecule has 3 aliphatic rings. The normalized spacial score (nSPS) is 26.0. The summed E-state index contributed by atoms with van der Waals surface area (Å²) in [6.45, 7) is 1.02. The molecule has 1 aliphatic carbocycles. The number of alkyl halides is 3. The molecule has 2 fully saturated rings. The van der Waals surface area contributed by atoms with Crippen LogP contribution in [-0.2, 0) is 15.8 Å². The minimum atomic E-state index is -4.36. The van der Waals surface area contributed by atoms with Crippen molar-refractivity contribution in [3.05, 3.63) is 64.2 Å². The number of halogens is 4. The number of nitrogens with zero attached hydrogens (tertiary/aromatic N) is 1. The lowest BCUT2D eigenvalue weighted by Gasteiger charge is -2.42. The van der Waals surface area contributed by atoms with Crippen molar-refractivity contribution in [2.75, 3.05) is 13.1 Å². The van der Waals surface area contributed by atoms with E-state index in [1.165, 1.54) is 12.1 Å². The topological polar surface area (TPSA) is 78.9 Å². The highest BCUT2D eigenvalue weighted by molar-refractivity contribution is 6.30. The number of hydrogen-bond acceptors (Lipinski definition) is 4. The van der Waals surface area contributed by atoms with Crippen LogP contribution in [0.2, 0.25) is 5.02 Å². The Bertz CT molecular complexity index is 1160. The summed E-state index contributed by atoms with van der Waals surface area (Å²) in [7, 11) is 0. The third-order valence-corrected chi connectivity index (χ3v) is 7.89. The van der Waals surface area contributed by atoms with Crippen LogP contribution in [0.15, 0.2) is 42.5 Å². The number of carbonyl (C=O) groups excluding carboxylic acids is 2. The van der Waals surface area contributed by atoms with Gasteiger partial charge in [-0.05, 0) is 61.6 Å². The highest BCUT2D eigenvalue weighted by atomic mass is 35.5. The molecule has 1 saturated carbocycles. The Labute approximate surface area is 217 Å². The van der Waals surface area contributed by atoms with Gasteiger partial charge >= 0.3 is 6.18 Å². The summed E-state index contributed by atoms with van der Waals surface area (Å²) < 4.78 is 44.1. The lowest BCUT2D eigenvalue weighted by molar-refractivity contribution is -0.141. The second kappa shape index (κ2) is 10.2. The third-order valence-electron chi connectivity index (χ3n) is 7.66. The van der Waals surface area contributed by atoms with Gasteiger partial charge in [0.05, 0.1) is 11.7 Å². The molecule has 198 valence electrons. The van der Waals surface area contributed by atoms with Crippen LogP contribution in [0.1, 0.15) is 60.8 Å². The van der Waals surface area contributed by atoms with Gasteiger partial charge in [0.1, 0.15) is 5.75 Å². The largest absolute Gasteiger partial charge is 0.480 e. The van der Waals surface area contributed by atoms with E-state index in [9.17, 15) is 27.9 Å². The Morgan fingerprint density at radius 1 is 1.03 bits per heavy atom. The van der Waals surface area contributed by atoms with Gasteiger partial charge in [-0.3, -0.25) is 9.59 Å². The maximum Gasteiger partial charge on any atom is 0.416 e. The Kier molecular flexibility index (Phi) is 7.11. The first kappa shape index (κ1) is 25.9. The monoisotopic (exact) mass is 536 g/mol. The van der Waals surface area contributed by atoms with Crippen molar-refractivity contribution < 1.29 is 32.6 Å². The first-order valence-corrected chi connectivity index (χ1v) is 12.9. The SMILES string of the molecule is O=C(NC1CCC(C(=O)N2CC(c3ccc(C(F)(F)F)cc3)C2)CC1)C1CC(O)c2cc(Cl)ccc2O1. The van der Waals surface area contributed by atoms with Crippen LogP contribution in [0.5, 0.6) is 5.75 Å². The first-order valence-electron chi connectivity index (χ1n) is 12.5. The molecule has 0 spiro atoms. The van der Waals surface area contributed by atoms with E-state index < -0.39 is 23.9 Å². The van der Waals surface area contributed by atoms with Crippen molar-refractivity contribution in [3.8, 4) is 5.75 Å². The summed E-state index contributed by atoms with van der Waals surface area (Å²) >= 11 is 5.98. The van der Waals surface area contributed by atoms with Gasteiger partial charge in [0.2, 0.25) is 5.91 Å². The second-order valence-electron chi connectivity index (χ2n) is 10.2. The highest BCUT2D eigenvalue weighted by Crippen LogP contribution is 2.37. The number of nitrogens with one attached hydrogen (secondary N) is 1. The van der Waals surface area contributed by atoms with Crippen LogP contribution in [0.4, 0.5) is 13.2 Å². The quantitative estimate of drug-likeness (QED) is 0.586. The fraction of sp³-hybridized carbons (Fsp3) is 0.481. The molecule has 0 radical (unpaired) electrons. The Balaban J connectivity index is 1.07. The van der Waals surface area contributed by atoms with E-state index in [1.807, 2.05) is 0 Å². The smallest absolute Gasteiger partial charge is 0.416 e. The highest BCUT2D eigenvalue weighted by Gasteiger charge is 2.38. The van der Waals surface area contributed by atoms with Gasteiger partial charge in [0.25, 0.3) is 5.91 Å². The molecule has 2 amide bonds. The summed E-state index contributed by atoms with van der Waals surface area (Å²) in [6.07, 6.45) is -3.22. The number of carbonyl (C=O) groups is 2. The maximum atomic E-state index is 12.9. The molecule has 0 aromatic heterocycles. The van der Waals surface area contributed by atoms with Gasteiger partial charge in [0.15, 0.2) is 6.10 Å². The lowest BCUT2D eigenvalue weighted by atomic mass is 9.83. The van der Waals surface area contributed by atoms with Crippen LogP contribution in [0, 0.1) is 5.92 Å². The van der Waals surface area contributed by atoms with Crippen LogP contribution in [0.25, 0.3) is 0 Å². The number of benzene rings is 2. The third kappa shape index (κ3) is 5.57. The number of likely N-dealkylation sites (tertiary alicyclic amines) is 1. The van der Waals surface area contributed by atoms with Crippen molar-refractivity contribution >= 4 is 23.4 Å². The number of hydrogen-bond donors (Lipinski definition) is 2. The molecule has 37 heavy (non-hydrogen) atoms.